The molecule has 4 nitrogen and oxygen atoms in total. The molecule has 1 aromatic carbocycles. The second-order valence-corrected chi connectivity index (χ2v) is 8.95. The van der Waals surface area contributed by atoms with Gasteiger partial charge in [-0.05, 0) is 74.0 Å². The van der Waals surface area contributed by atoms with Crippen molar-refractivity contribution in [3.8, 4) is 5.75 Å². The zero-order valence-corrected chi connectivity index (χ0v) is 16.5. The van der Waals surface area contributed by atoms with Crippen molar-refractivity contribution >= 4 is 29.1 Å². The van der Waals surface area contributed by atoms with E-state index in [0.29, 0.717) is 34.2 Å². The normalized spacial score (nSPS) is 34.7. The van der Waals surface area contributed by atoms with E-state index < -0.39 is 0 Å². The van der Waals surface area contributed by atoms with Gasteiger partial charge in [0.1, 0.15) is 5.75 Å². The highest BCUT2D eigenvalue weighted by atomic mass is 35.5. The van der Waals surface area contributed by atoms with Crippen molar-refractivity contribution in [1.82, 2.24) is 5.32 Å². The molecule has 1 aromatic rings. The van der Waals surface area contributed by atoms with E-state index in [2.05, 4.69) is 5.32 Å². The van der Waals surface area contributed by atoms with Crippen molar-refractivity contribution in [2.45, 2.75) is 37.7 Å². The molecular weight excluding hydrogens is 373 g/mol. The van der Waals surface area contributed by atoms with Gasteiger partial charge in [-0.25, -0.2) is 0 Å². The molecule has 0 radical (unpaired) electrons. The molecule has 4 bridgehead atoms. The van der Waals surface area contributed by atoms with Crippen molar-refractivity contribution < 1.29 is 14.3 Å². The molecule has 6 heteroatoms. The Balaban J connectivity index is 1.34. The van der Waals surface area contributed by atoms with Crippen LogP contribution in [-0.4, -0.2) is 31.8 Å². The molecule has 0 saturated heterocycles. The van der Waals surface area contributed by atoms with Crippen LogP contribution in [0.15, 0.2) is 18.2 Å². The summed E-state index contributed by atoms with van der Waals surface area (Å²) in [5.74, 6) is 3.17. The Labute approximate surface area is 164 Å². The summed E-state index contributed by atoms with van der Waals surface area (Å²) >= 11 is 12.0. The lowest BCUT2D eigenvalue weighted by molar-refractivity contribution is -0.188. The molecule has 26 heavy (non-hydrogen) atoms. The number of amides is 1. The zero-order chi connectivity index (χ0) is 18.3. The smallest absolute Gasteiger partial charge is 0.258 e. The first-order valence-corrected chi connectivity index (χ1v) is 10.2. The largest absolute Gasteiger partial charge is 0.482 e. The summed E-state index contributed by atoms with van der Waals surface area (Å²) in [6, 6.07) is 4.96. The molecule has 0 atom stereocenters. The van der Waals surface area contributed by atoms with Crippen LogP contribution in [0.2, 0.25) is 10.0 Å². The maximum atomic E-state index is 12.3. The summed E-state index contributed by atoms with van der Waals surface area (Å²) in [4.78, 5) is 12.3. The van der Waals surface area contributed by atoms with Crippen LogP contribution in [0, 0.1) is 23.7 Å². The molecule has 1 N–H and O–H groups in total. The number of nitrogens with one attached hydrogen (secondary N) is 1. The minimum Gasteiger partial charge on any atom is -0.482 e. The monoisotopic (exact) mass is 397 g/mol. The lowest BCUT2D eigenvalue weighted by atomic mass is 9.49. The number of hydrogen-bond donors (Lipinski definition) is 1. The van der Waals surface area contributed by atoms with Crippen LogP contribution in [0.5, 0.6) is 5.75 Å². The Morgan fingerprint density at radius 2 is 1.81 bits per heavy atom. The molecule has 0 unspecified atom stereocenters. The van der Waals surface area contributed by atoms with Crippen LogP contribution in [0.25, 0.3) is 0 Å². The summed E-state index contributed by atoms with van der Waals surface area (Å²) in [6.45, 7) is 0.497. The number of rotatable bonds is 6. The maximum Gasteiger partial charge on any atom is 0.258 e. The van der Waals surface area contributed by atoms with Gasteiger partial charge in [-0.15, -0.1) is 0 Å². The van der Waals surface area contributed by atoms with E-state index in [9.17, 15) is 4.79 Å². The molecular formula is C20H25Cl2NO3. The van der Waals surface area contributed by atoms with Gasteiger partial charge in [0, 0.05) is 18.7 Å². The third kappa shape index (κ3) is 3.32. The molecule has 1 amide bonds. The van der Waals surface area contributed by atoms with E-state index in [1.807, 2.05) is 0 Å². The van der Waals surface area contributed by atoms with Crippen molar-refractivity contribution in [1.29, 1.82) is 0 Å². The van der Waals surface area contributed by atoms with E-state index in [0.717, 1.165) is 11.8 Å². The number of methoxy groups -OCH3 is 1. The van der Waals surface area contributed by atoms with E-state index in [-0.39, 0.29) is 18.1 Å². The molecule has 0 spiro atoms. The highest BCUT2D eigenvalue weighted by Gasteiger charge is 2.57. The summed E-state index contributed by atoms with van der Waals surface area (Å²) in [5.41, 5.74) is -0.207. The van der Waals surface area contributed by atoms with E-state index >= 15 is 0 Å². The predicted octanol–water partition coefficient (Wildman–Crippen LogP) is 4.33. The van der Waals surface area contributed by atoms with Crippen LogP contribution in [0.3, 0.4) is 0 Å². The minimum absolute atomic E-state index is 0.0677. The number of hydrogen-bond acceptors (Lipinski definition) is 3. The number of ether oxygens (including phenoxy) is 2. The quantitative estimate of drug-likeness (QED) is 0.776. The molecule has 4 fully saturated rings. The number of carbonyl (C=O) groups is 1. The molecule has 4 aliphatic carbocycles. The van der Waals surface area contributed by atoms with Crippen molar-refractivity contribution in [2.75, 3.05) is 20.3 Å². The molecule has 0 aliphatic heterocycles. The average molecular weight is 398 g/mol. The predicted molar refractivity (Wildman–Crippen MR) is 102 cm³/mol. The van der Waals surface area contributed by atoms with Crippen LogP contribution in [0.1, 0.15) is 32.1 Å². The van der Waals surface area contributed by atoms with Crippen LogP contribution >= 0.6 is 23.2 Å². The van der Waals surface area contributed by atoms with Gasteiger partial charge in [-0.1, -0.05) is 23.2 Å². The Bertz CT molecular complexity index is 666. The summed E-state index contributed by atoms with van der Waals surface area (Å²) in [7, 11) is 1.80. The van der Waals surface area contributed by atoms with Gasteiger partial charge in [-0.3, -0.25) is 4.79 Å². The fourth-order valence-electron chi connectivity index (χ4n) is 5.70. The molecule has 4 saturated carbocycles. The highest BCUT2D eigenvalue weighted by molar-refractivity contribution is 6.35. The zero-order valence-electron chi connectivity index (χ0n) is 15.0. The van der Waals surface area contributed by atoms with Gasteiger partial charge in [-0.2, -0.15) is 0 Å². The maximum absolute atomic E-state index is 12.3. The van der Waals surface area contributed by atoms with Gasteiger partial charge in [0.2, 0.25) is 0 Å². The van der Waals surface area contributed by atoms with Gasteiger partial charge in [0.05, 0.1) is 10.6 Å². The van der Waals surface area contributed by atoms with E-state index in [4.69, 9.17) is 32.7 Å². The standard InChI is InChI=1S/C20H25Cl2NO3/c1-25-20(14-5-12-4-13(7-14)8-15(20)6-12)11-23-19(24)10-26-18-3-2-16(21)9-17(18)22/h2-3,9,12-15H,4-8,10-11H2,1H3,(H,23,24). The molecule has 0 aromatic heterocycles. The summed E-state index contributed by atoms with van der Waals surface area (Å²) < 4.78 is 11.6. The number of halogens is 2. The Kier molecular flexibility index (Phi) is 5.10. The lowest BCUT2D eigenvalue weighted by Gasteiger charge is -2.60. The summed E-state index contributed by atoms with van der Waals surface area (Å²) in [6.07, 6.45) is 6.37. The van der Waals surface area contributed by atoms with Crippen LogP contribution in [-0.2, 0) is 9.53 Å². The van der Waals surface area contributed by atoms with Crippen LogP contribution in [0.4, 0.5) is 0 Å². The average Bonchev–Trinajstić information content (AvgIpc) is 2.60. The highest BCUT2D eigenvalue weighted by Crippen LogP contribution is 2.59. The van der Waals surface area contributed by atoms with Gasteiger partial charge >= 0.3 is 0 Å². The third-order valence-electron chi connectivity index (χ3n) is 6.71. The SMILES string of the molecule is COC1(CNC(=O)COc2ccc(Cl)cc2Cl)C2CC3CC(C2)CC1C3. The first kappa shape index (κ1) is 18.4. The lowest BCUT2D eigenvalue weighted by Crippen LogP contribution is -2.63. The van der Waals surface area contributed by atoms with Crippen molar-refractivity contribution in [2.24, 2.45) is 23.7 Å². The molecule has 5 rings (SSSR count). The number of carbonyl (C=O) groups excluding carboxylic acids is 1. The fourth-order valence-corrected chi connectivity index (χ4v) is 6.16. The molecule has 0 heterocycles. The van der Waals surface area contributed by atoms with Crippen molar-refractivity contribution in [3.05, 3.63) is 28.2 Å². The summed E-state index contributed by atoms with van der Waals surface area (Å²) in [5, 5.41) is 3.99. The topological polar surface area (TPSA) is 47.6 Å². The van der Waals surface area contributed by atoms with Gasteiger partial charge in [0.15, 0.2) is 6.61 Å². The van der Waals surface area contributed by atoms with E-state index in [1.165, 1.54) is 32.1 Å². The Hall–Kier alpha value is -0.970. The minimum atomic E-state index is -0.207. The third-order valence-corrected chi connectivity index (χ3v) is 7.25. The van der Waals surface area contributed by atoms with Gasteiger partial charge in [0.25, 0.3) is 5.91 Å². The first-order chi connectivity index (χ1) is 12.5. The number of benzene rings is 1. The first-order valence-electron chi connectivity index (χ1n) is 9.40. The Morgan fingerprint density at radius 3 is 2.38 bits per heavy atom. The van der Waals surface area contributed by atoms with Gasteiger partial charge < -0.3 is 14.8 Å². The molecule has 4 aliphatic rings. The van der Waals surface area contributed by atoms with E-state index in [1.54, 1.807) is 25.3 Å². The van der Waals surface area contributed by atoms with Crippen LogP contribution < -0.4 is 10.1 Å². The second kappa shape index (κ2) is 7.21. The molecule has 142 valence electrons. The fraction of sp³-hybridized carbons (Fsp3) is 0.650. The van der Waals surface area contributed by atoms with Crippen molar-refractivity contribution in [3.63, 3.8) is 0 Å². The Morgan fingerprint density at radius 1 is 1.15 bits per heavy atom. The second-order valence-electron chi connectivity index (χ2n) is 8.10.